The van der Waals surface area contributed by atoms with Gasteiger partial charge in [0.25, 0.3) is 0 Å². The summed E-state index contributed by atoms with van der Waals surface area (Å²) in [5, 5.41) is 2.71. The Bertz CT molecular complexity index is 991. The van der Waals surface area contributed by atoms with Crippen molar-refractivity contribution in [3.8, 4) is 0 Å². The number of amides is 2. The number of hydrogen-bond donors (Lipinski definition) is 1. The van der Waals surface area contributed by atoms with Crippen LogP contribution in [0.15, 0.2) is 42.5 Å². The summed E-state index contributed by atoms with van der Waals surface area (Å²) in [6, 6.07) is 7.52. The predicted octanol–water partition coefficient (Wildman–Crippen LogP) is 4.90. The van der Waals surface area contributed by atoms with Crippen molar-refractivity contribution >= 4 is 12.0 Å². The van der Waals surface area contributed by atoms with Gasteiger partial charge < -0.3 is 15.0 Å². The Morgan fingerprint density at radius 2 is 1.84 bits per heavy atom. The van der Waals surface area contributed by atoms with Crippen molar-refractivity contribution in [2.24, 2.45) is 0 Å². The molecule has 1 unspecified atom stereocenters. The number of piperidine rings is 1. The molecule has 8 heteroatoms. The van der Waals surface area contributed by atoms with E-state index in [4.69, 9.17) is 4.74 Å². The number of ether oxygens (including phenoxy) is 1. The maximum Gasteiger partial charge on any atom is 0.407 e. The summed E-state index contributed by atoms with van der Waals surface area (Å²) in [7, 11) is 0. The van der Waals surface area contributed by atoms with Crippen molar-refractivity contribution in [2.75, 3.05) is 6.54 Å². The van der Waals surface area contributed by atoms with Crippen LogP contribution >= 0.6 is 0 Å². The molecule has 32 heavy (non-hydrogen) atoms. The maximum absolute atomic E-state index is 14.8. The topological polar surface area (TPSA) is 58.6 Å². The highest BCUT2D eigenvalue weighted by molar-refractivity contribution is 5.78. The van der Waals surface area contributed by atoms with Gasteiger partial charge in [0.1, 0.15) is 23.1 Å². The minimum atomic E-state index is -0.966. The lowest BCUT2D eigenvalue weighted by Gasteiger charge is -2.42. The Hall–Kier alpha value is -3.03. The summed E-state index contributed by atoms with van der Waals surface area (Å²) < 4.78 is 48.2. The standard InChI is InChI=1S/C24H27F3N2O3/c1-24(2,3)32-23(31)28-20-10-11-21(30)29(13-12-15-6-4-5-7-18(15)26)22(20)17-14-16(25)8-9-19(17)27/h4-9,14,20,22H,10-13H2,1-3H3,(H,28,31)/t20-,22?/m0/s1. The van der Waals surface area contributed by atoms with Crippen LogP contribution in [0.2, 0.25) is 0 Å². The van der Waals surface area contributed by atoms with Crippen LogP contribution in [-0.2, 0) is 16.0 Å². The van der Waals surface area contributed by atoms with Crippen molar-refractivity contribution < 1.29 is 27.5 Å². The van der Waals surface area contributed by atoms with Gasteiger partial charge >= 0.3 is 6.09 Å². The smallest absolute Gasteiger partial charge is 0.407 e. The maximum atomic E-state index is 14.8. The summed E-state index contributed by atoms with van der Waals surface area (Å²) in [6.45, 7) is 5.21. The molecule has 0 radical (unpaired) electrons. The number of carbonyl (C=O) groups excluding carboxylic acids is 2. The third-order valence-corrected chi connectivity index (χ3v) is 5.27. The van der Waals surface area contributed by atoms with E-state index in [1.54, 1.807) is 39.0 Å². The number of nitrogens with one attached hydrogen (secondary N) is 1. The highest BCUT2D eigenvalue weighted by Crippen LogP contribution is 2.34. The molecular weight excluding hydrogens is 421 g/mol. The molecule has 1 heterocycles. The zero-order valence-corrected chi connectivity index (χ0v) is 18.3. The molecule has 0 aliphatic carbocycles. The lowest BCUT2D eigenvalue weighted by molar-refractivity contribution is -0.138. The summed E-state index contributed by atoms with van der Waals surface area (Å²) in [4.78, 5) is 26.6. The molecule has 0 saturated carbocycles. The quantitative estimate of drug-likeness (QED) is 0.708. The van der Waals surface area contributed by atoms with E-state index >= 15 is 0 Å². The van der Waals surface area contributed by atoms with Crippen LogP contribution < -0.4 is 5.32 Å². The molecule has 1 aliphatic heterocycles. The Labute approximate surface area is 185 Å². The van der Waals surface area contributed by atoms with E-state index in [0.29, 0.717) is 5.56 Å². The number of carbonyl (C=O) groups is 2. The number of rotatable bonds is 5. The van der Waals surface area contributed by atoms with Crippen molar-refractivity contribution in [3.05, 3.63) is 71.0 Å². The number of nitrogens with zero attached hydrogens (tertiary/aromatic N) is 1. The second kappa shape index (κ2) is 9.63. The lowest BCUT2D eigenvalue weighted by atomic mass is 9.89. The molecule has 3 rings (SSSR count). The van der Waals surface area contributed by atoms with Gasteiger partial charge in [0, 0.05) is 18.5 Å². The van der Waals surface area contributed by atoms with Gasteiger partial charge in [-0.3, -0.25) is 4.79 Å². The fourth-order valence-corrected chi connectivity index (χ4v) is 3.89. The third kappa shape index (κ3) is 5.81. The normalized spacial score (nSPS) is 19.1. The molecule has 2 aromatic rings. The molecule has 0 bridgehead atoms. The zero-order chi connectivity index (χ0) is 23.5. The molecule has 1 fully saturated rings. The van der Waals surface area contributed by atoms with Gasteiger partial charge in [0.05, 0.1) is 12.1 Å². The number of hydrogen-bond acceptors (Lipinski definition) is 3. The van der Waals surface area contributed by atoms with Crippen LogP contribution in [0, 0.1) is 17.5 Å². The van der Waals surface area contributed by atoms with Crippen LogP contribution in [0.1, 0.15) is 50.8 Å². The molecule has 1 saturated heterocycles. The van der Waals surface area contributed by atoms with Crippen molar-refractivity contribution in [1.82, 2.24) is 10.2 Å². The number of benzene rings is 2. The Kier molecular flexibility index (Phi) is 7.11. The van der Waals surface area contributed by atoms with Gasteiger partial charge in [0.15, 0.2) is 0 Å². The summed E-state index contributed by atoms with van der Waals surface area (Å²) in [5.41, 5.74) is -0.396. The lowest BCUT2D eigenvalue weighted by Crippen LogP contribution is -2.53. The average molecular weight is 448 g/mol. The van der Waals surface area contributed by atoms with E-state index in [-0.39, 0.29) is 37.3 Å². The van der Waals surface area contributed by atoms with Crippen LogP contribution in [0.5, 0.6) is 0 Å². The molecule has 172 valence electrons. The monoisotopic (exact) mass is 448 g/mol. The molecule has 1 N–H and O–H groups in total. The van der Waals surface area contributed by atoms with E-state index in [2.05, 4.69) is 5.32 Å². The van der Waals surface area contributed by atoms with Gasteiger partial charge in [-0.25, -0.2) is 18.0 Å². The van der Waals surface area contributed by atoms with E-state index in [1.807, 2.05) is 0 Å². The number of halogens is 3. The fourth-order valence-electron chi connectivity index (χ4n) is 3.89. The first-order chi connectivity index (χ1) is 15.0. The molecule has 2 amide bonds. The van der Waals surface area contributed by atoms with Crippen LogP contribution in [0.25, 0.3) is 0 Å². The minimum Gasteiger partial charge on any atom is -0.444 e. The van der Waals surface area contributed by atoms with Crippen molar-refractivity contribution in [2.45, 2.75) is 57.7 Å². The van der Waals surface area contributed by atoms with Gasteiger partial charge in [-0.15, -0.1) is 0 Å². The Morgan fingerprint density at radius 3 is 2.53 bits per heavy atom. The molecule has 2 aromatic carbocycles. The van der Waals surface area contributed by atoms with E-state index in [9.17, 15) is 22.8 Å². The fraction of sp³-hybridized carbons (Fsp3) is 0.417. The Balaban J connectivity index is 1.92. The Morgan fingerprint density at radius 1 is 1.12 bits per heavy atom. The average Bonchev–Trinajstić information content (AvgIpc) is 2.70. The molecule has 2 atom stereocenters. The van der Waals surface area contributed by atoms with Crippen LogP contribution in [0.3, 0.4) is 0 Å². The molecule has 5 nitrogen and oxygen atoms in total. The summed E-state index contributed by atoms with van der Waals surface area (Å²) in [5.74, 6) is -2.05. The zero-order valence-electron chi connectivity index (χ0n) is 18.3. The van der Waals surface area contributed by atoms with Gasteiger partial charge in [-0.2, -0.15) is 0 Å². The first kappa shape index (κ1) is 23.6. The minimum absolute atomic E-state index is 0.0485. The number of alkyl carbamates (subject to hydrolysis) is 1. The molecule has 1 aliphatic rings. The van der Waals surface area contributed by atoms with Crippen molar-refractivity contribution in [3.63, 3.8) is 0 Å². The molecule has 0 spiro atoms. The van der Waals surface area contributed by atoms with E-state index in [1.165, 1.54) is 11.0 Å². The number of likely N-dealkylation sites (tertiary alicyclic amines) is 1. The summed E-state index contributed by atoms with van der Waals surface area (Å²) >= 11 is 0. The first-order valence-corrected chi connectivity index (χ1v) is 10.5. The SMILES string of the molecule is CC(C)(C)OC(=O)N[C@H]1CCC(=O)N(CCc2ccccc2F)C1c1cc(F)ccc1F. The largest absolute Gasteiger partial charge is 0.444 e. The highest BCUT2D eigenvalue weighted by Gasteiger charge is 2.39. The highest BCUT2D eigenvalue weighted by atomic mass is 19.1. The summed E-state index contributed by atoms with van der Waals surface area (Å²) in [6.07, 6.45) is -0.196. The second-order valence-corrected chi connectivity index (χ2v) is 8.83. The third-order valence-electron chi connectivity index (χ3n) is 5.27. The van der Waals surface area contributed by atoms with Gasteiger partial charge in [-0.05, 0) is 63.4 Å². The van der Waals surface area contributed by atoms with E-state index in [0.717, 1.165) is 18.2 Å². The predicted molar refractivity (Wildman–Crippen MR) is 113 cm³/mol. The molecule has 0 aromatic heterocycles. The van der Waals surface area contributed by atoms with Crippen LogP contribution in [-0.4, -0.2) is 35.1 Å². The first-order valence-electron chi connectivity index (χ1n) is 10.5. The van der Waals surface area contributed by atoms with Crippen molar-refractivity contribution in [1.29, 1.82) is 0 Å². The van der Waals surface area contributed by atoms with Crippen LogP contribution in [0.4, 0.5) is 18.0 Å². The van der Waals surface area contributed by atoms with Gasteiger partial charge in [-0.1, -0.05) is 18.2 Å². The van der Waals surface area contributed by atoms with E-state index < -0.39 is 41.2 Å². The molecular formula is C24H27F3N2O3. The van der Waals surface area contributed by atoms with Gasteiger partial charge in [0.2, 0.25) is 5.91 Å². The second-order valence-electron chi connectivity index (χ2n) is 8.83.